The average molecular weight is 580 g/mol. The van der Waals surface area contributed by atoms with Gasteiger partial charge in [0.25, 0.3) is 5.91 Å². The maximum Gasteiger partial charge on any atom is 0.255 e. The molecule has 1 fully saturated rings. The van der Waals surface area contributed by atoms with Crippen molar-refractivity contribution in [2.24, 2.45) is 17.6 Å². The highest BCUT2D eigenvalue weighted by molar-refractivity contribution is 6.25. The number of nitrogens with two attached hydrogens (primary N) is 1. The summed E-state index contributed by atoms with van der Waals surface area (Å²) in [4.78, 5) is 43.6. The summed E-state index contributed by atoms with van der Waals surface area (Å²) in [7, 11) is 3.19. The molecule has 4 unspecified atom stereocenters. The molecule has 1 aromatic carbocycles. The quantitative estimate of drug-likeness (QED) is 0.321. The number of phenols is 1. The van der Waals surface area contributed by atoms with Crippen LogP contribution in [0.25, 0.3) is 11.1 Å². The number of primary amides is 1. The minimum Gasteiger partial charge on any atom is -0.510 e. The normalized spacial score (nSPS) is 28.1. The van der Waals surface area contributed by atoms with Crippen molar-refractivity contribution in [3.8, 4) is 16.9 Å². The van der Waals surface area contributed by atoms with Crippen molar-refractivity contribution in [3.63, 3.8) is 0 Å². The van der Waals surface area contributed by atoms with Gasteiger partial charge in [0, 0.05) is 42.3 Å². The minimum absolute atomic E-state index is 0.0160. The number of aromatic hydroxyl groups is 1. The fraction of sp³-hybridized carbons (Fsp3) is 0.433. The Balaban J connectivity index is 1.53. The number of rotatable bonds is 5. The number of Topliss-reactive ketones (excluding diaryl/α,β-unsaturated/α-hetero) is 2. The molecule has 12 heteroatoms. The molecule has 0 radical (unpaired) electrons. The molecule has 4 atom stereocenters. The summed E-state index contributed by atoms with van der Waals surface area (Å²) in [5.74, 6) is -6.71. The third kappa shape index (κ3) is 4.01. The highest BCUT2D eigenvalue weighted by Gasteiger charge is 2.63. The first-order chi connectivity index (χ1) is 20.0. The molecule has 0 spiro atoms. The fourth-order valence-corrected chi connectivity index (χ4v) is 7.17. The standard InChI is InChI=1S/C30H33N3O9/c1-32(2)23-19-11-15-9-18-17(14-3-6-42-13-14)10-16(12-33-4-7-41-8-5-33)24(34)21(18)25(35)20(15)27(37)30(19,40)28(38)22(26(23)36)29(31)39/h3,6,10,13,15,19,23,34,36-37,40H,4-5,7-9,11-12H2,1-2H3,(H2,31,39). The van der Waals surface area contributed by atoms with Crippen molar-refractivity contribution < 1.29 is 44.0 Å². The van der Waals surface area contributed by atoms with Gasteiger partial charge in [0.1, 0.15) is 22.8 Å². The zero-order chi connectivity index (χ0) is 30.1. The average Bonchev–Trinajstić information content (AvgIpc) is 3.47. The molecule has 1 amide bonds. The maximum absolute atomic E-state index is 14.2. The first-order valence-electron chi connectivity index (χ1n) is 13.8. The van der Waals surface area contributed by atoms with Crippen LogP contribution in [0.1, 0.15) is 27.9 Å². The predicted molar refractivity (Wildman–Crippen MR) is 147 cm³/mol. The van der Waals surface area contributed by atoms with E-state index in [1.54, 1.807) is 26.4 Å². The minimum atomic E-state index is -2.68. The number of furan rings is 1. The second-order valence-corrected chi connectivity index (χ2v) is 11.6. The third-order valence-electron chi connectivity index (χ3n) is 9.13. The van der Waals surface area contributed by atoms with E-state index >= 15 is 0 Å². The Hall–Kier alpha value is -3.97. The van der Waals surface area contributed by atoms with E-state index in [0.717, 1.165) is 0 Å². The Kier molecular flexibility index (Phi) is 6.76. The number of aliphatic hydroxyl groups excluding tert-OH is 2. The van der Waals surface area contributed by atoms with Crippen LogP contribution in [0.4, 0.5) is 0 Å². The number of hydrogen-bond donors (Lipinski definition) is 5. The van der Waals surface area contributed by atoms with E-state index in [0.29, 0.717) is 55.1 Å². The van der Waals surface area contributed by atoms with Crippen LogP contribution in [-0.2, 0) is 27.3 Å². The van der Waals surface area contributed by atoms with Crippen molar-refractivity contribution in [1.29, 1.82) is 0 Å². The number of hydrogen-bond acceptors (Lipinski definition) is 11. The van der Waals surface area contributed by atoms with Crippen molar-refractivity contribution in [2.75, 3.05) is 40.4 Å². The van der Waals surface area contributed by atoms with Gasteiger partial charge >= 0.3 is 0 Å². The zero-order valence-corrected chi connectivity index (χ0v) is 23.3. The zero-order valence-electron chi connectivity index (χ0n) is 23.3. The molecule has 222 valence electrons. The number of carbonyl (C=O) groups is 3. The lowest BCUT2D eigenvalue weighted by Gasteiger charge is -2.50. The Bertz CT molecular complexity index is 1550. The number of nitrogens with zero attached hydrogens (tertiary/aromatic N) is 2. The summed E-state index contributed by atoms with van der Waals surface area (Å²) < 4.78 is 10.8. The monoisotopic (exact) mass is 579 g/mol. The molecule has 2 heterocycles. The first kappa shape index (κ1) is 28.2. The summed E-state index contributed by atoms with van der Waals surface area (Å²) in [6, 6.07) is 2.55. The van der Waals surface area contributed by atoms with E-state index < -0.39 is 58.0 Å². The van der Waals surface area contributed by atoms with Crippen LogP contribution >= 0.6 is 0 Å². The van der Waals surface area contributed by atoms with Crippen LogP contribution in [0.15, 0.2) is 51.7 Å². The number of amides is 1. The molecule has 42 heavy (non-hydrogen) atoms. The third-order valence-corrected chi connectivity index (χ3v) is 9.13. The van der Waals surface area contributed by atoms with Crippen molar-refractivity contribution in [2.45, 2.75) is 31.0 Å². The summed E-state index contributed by atoms with van der Waals surface area (Å²) in [5.41, 5.74) is 4.14. The molecule has 6 rings (SSSR count). The van der Waals surface area contributed by atoms with Gasteiger partial charge in [-0.15, -0.1) is 0 Å². The Morgan fingerprint density at radius 1 is 1.19 bits per heavy atom. The summed E-state index contributed by atoms with van der Waals surface area (Å²) in [6.07, 6.45) is 3.28. The van der Waals surface area contributed by atoms with Gasteiger partial charge < -0.3 is 35.3 Å². The van der Waals surface area contributed by atoms with E-state index in [1.807, 2.05) is 6.07 Å². The Morgan fingerprint density at radius 3 is 2.52 bits per heavy atom. The molecular formula is C30H33N3O9. The SMILES string of the molecule is CN(C)C1C(O)=C(C(N)=O)C(=O)C2(O)C(O)=C3C(=O)c4c(O)c(CN5CCOCC5)cc(-c5ccoc5)c4CC3CC12. The molecule has 0 saturated carbocycles. The number of phenolic OH excluding ortho intramolecular Hbond substituents is 1. The van der Waals surface area contributed by atoms with Gasteiger partial charge in [-0.3, -0.25) is 24.2 Å². The fourth-order valence-electron chi connectivity index (χ4n) is 7.17. The van der Waals surface area contributed by atoms with E-state index in [-0.39, 0.29) is 29.7 Å². The smallest absolute Gasteiger partial charge is 0.255 e. The topological polar surface area (TPSA) is 187 Å². The number of morpholine rings is 1. The maximum atomic E-state index is 14.2. The van der Waals surface area contributed by atoms with Crippen molar-refractivity contribution in [1.82, 2.24) is 9.80 Å². The Morgan fingerprint density at radius 2 is 1.90 bits per heavy atom. The molecule has 2 aromatic rings. The van der Waals surface area contributed by atoms with Crippen LogP contribution in [0.5, 0.6) is 5.75 Å². The Labute approximate surface area is 241 Å². The number of likely N-dealkylation sites (N-methyl/N-ethyl adjacent to an activating group) is 1. The van der Waals surface area contributed by atoms with Gasteiger partial charge in [-0.1, -0.05) is 0 Å². The molecule has 3 aliphatic carbocycles. The molecule has 4 aliphatic rings. The summed E-state index contributed by atoms with van der Waals surface area (Å²) >= 11 is 0. The highest BCUT2D eigenvalue weighted by Crippen LogP contribution is 2.53. The number of ketones is 2. The lowest BCUT2D eigenvalue weighted by atomic mass is 9.58. The number of aliphatic hydroxyl groups is 3. The number of benzene rings is 1. The molecule has 1 aliphatic heterocycles. The number of ether oxygens (including phenoxy) is 1. The van der Waals surface area contributed by atoms with Crippen LogP contribution in [0, 0.1) is 11.8 Å². The number of carbonyl (C=O) groups excluding carboxylic acids is 3. The first-order valence-corrected chi connectivity index (χ1v) is 13.8. The van der Waals surface area contributed by atoms with E-state index in [2.05, 4.69) is 4.90 Å². The molecule has 1 saturated heterocycles. The molecule has 6 N–H and O–H groups in total. The highest BCUT2D eigenvalue weighted by atomic mass is 16.5. The van der Waals surface area contributed by atoms with E-state index in [4.69, 9.17) is 14.9 Å². The van der Waals surface area contributed by atoms with Gasteiger partial charge in [-0.05, 0) is 56.1 Å². The van der Waals surface area contributed by atoms with Gasteiger partial charge in [0.2, 0.25) is 5.78 Å². The predicted octanol–water partition coefficient (Wildman–Crippen LogP) is 1.21. The van der Waals surface area contributed by atoms with Crippen LogP contribution in [0.3, 0.4) is 0 Å². The van der Waals surface area contributed by atoms with Gasteiger partial charge in [-0.25, -0.2) is 0 Å². The number of allylic oxidation sites excluding steroid dienone is 1. The molecule has 0 bridgehead atoms. The number of fused-ring (bicyclic) bond motifs is 3. The van der Waals surface area contributed by atoms with Crippen LogP contribution in [0.2, 0.25) is 0 Å². The van der Waals surface area contributed by atoms with Gasteiger partial charge in [0.15, 0.2) is 11.4 Å². The van der Waals surface area contributed by atoms with Crippen molar-refractivity contribution in [3.05, 3.63) is 64.0 Å². The largest absolute Gasteiger partial charge is 0.510 e. The summed E-state index contributed by atoms with van der Waals surface area (Å²) in [5, 5.41) is 45.9. The van der Waals surface area contributed by atoms with E-state index in [1.165, 1.54) is 11.2 Å². The van der Waals surface area contributed by atoms with Gasteiger partial charge in [-0.2, -0.15) is 0 Å². The second-order valence-electron chi connectivity index (χ2n) is 11.6. The molecular weight excluding hydrogens is 546 g/mol. The van der Waals surface area contributed by atoms with Crippen molar-refractivity contribution >= 4 is 17.5 Å². The summed E-state index contributed by atoms with van der Waals surface area (Å²) in [6.45, 7) is 2.72. The van der Waals surface area contributed by atoms with Crippen LogP contribution in [-0.4, -0.2) is 99.7 Å². The lowest BCUT2D eigenvalue weighted by Crippen LogP contribution is -2.63. The lowest BCUT2D eigenvalue weighted by molar-refractivity contribution is -0.148. The molecule has 12 nitrogen and oxygen atoms in total. The van der Waals surface area contributed by atoms with Gasteiger partial charge in [0.05, 0.1) is 37.3 Å². The molecule has 1 aromatic heterocycles. The second kappa shape index (κ2) is 10.1. The van der Waals surface area contributed by atoms with Crippen LogP contribution < -0.4 is 5.73 Å². The van der Waals surface area contributed by atoms with E-state index in [9.17, 15) is 34.8 Å².